The second-order valence-corrected chi connectivity index (χ2v) is 6.05. The van der Waals surface area contributed by atoms with Gasteiger partial charge in [-0.05, 0) is 25.0 Å². The number of hydrogen-bond donors (Lipinski definition) is 1. The predicted molar refractivity (Wildman–Crippen MR) is 98.1 cm³/mol. The van der Waals surface area contributed by atoms with Crippen LogP contribution in [0.2, 0.25) is 0 Å². The molecule has 0 aliphatic heterocycles. The van der Waals surface area contributed by atoms with Crippen LogP contribution >= 0.6 is 0 Å². The molecule has 4 heteroatoms. The lowest BCUT2D eigenvalue weighted by molar-refractivity contribution is -0.149. The van der Waals surface area contributed by atoms with Crippen molar-refractivity contribution in [1.29, 1.82) is 0 Å². The Kier molecular flexibility index (Phi) is 6.90. The Morgan fingerprint density at radius 1 is 0.960 bits per heavy atom. The van der Waals surface area contributed by atoms with Crippen molar-refractivity contribution in [2.45, 2.75) is 32.9 Å². The number of ketones is 1. The number of nitrogens with one attached hydrogen (secondary N) is 1. The molecule has 132 valence electrons. The average Bonchev–Trinajstić information content (AvgIpc) is 2.63. The first-order valence-electron chi connectivity index (χ1n) is 8.57. The third-order valence-electron chi connectivity index (χ3n) is 4.29. The van der Waals surface area contributed by atoms with E-state index in [1.807, 2.05) is 60.7 Å². The molecule has 2 rings (SSSR count). The largest absolute Gasteiger partial charge is 0.465 e. The van der Waals surface area contributed by atoms with Crippen molar-refractivity contribution >= 4 is 11.8 Å². The van der Waals surface area contributed by atoms with Gasteiger partial charge in [0.15, 0.2) is 0 Å². The number of benzene rings is 2. The Hall–Kier alpha value is -2.46. The lowest BCUT2D eigenvalue weighted by atomic mass is 9.93. The standard InChI is InChI=1S/C21H25NO3/c1-4-25-21(24)19(15(2)16(3)23)22-20(17-11-7-5-8-12-17)18-13-9-6-10-14-18/h5-15,19-20,22H,4H2,1-3H3/t15-,19+/m1/s1. The second-order valence-electron chi connectivity index (χ2n) is 6.05. The molecule has 1 N–H and O–H groups in total. The number of ether oxygens (including phenoxy) is 1. The molecule has 0 fully saturated rings. The molecule has 0 unspecified atom stereocenters. The maximum absolute atomic E-state index is 12.5. The molecule has 0 aliphatic rings. The first-order chi connectivity index (χ1) is 12.0. The molecule has 0 aliphatic carbocycles. The van der Waals surface area contributed by atoms with Crippen LogP contribution in [-0.2, 0) is 14.3 Å². The monoisotopic (exact) mass is 339 g/mol. The van der Waals surface area contributed by atoms with E-state index < -0.39 is 17.9 Å². The van der Waals surface area contributed by atoms with Crippen LogP contribution in [0.25, 0.3) is 0 Å². The zero-order valence-electron chi connectivity index (χ0n) is 14.9. The van der Waals surface area contributed by atoms with E-state index in [4.69, 9.17) is 4.74 Å². The summed E-state index contributed by atoms with van der Waals surface area (Å²) in [4.78, 5) is 24.4. The number of hydrogen-bond acceptors (Lipinski definition) is 4. The summed E-state index contributed by atoms with van der Waals surface area (Å²) in [7, 11) is 0. The minimum Gasteiger partial charge on any atom is -0.465 e. The molecular weight excluding hydrogens is 314 g/mol. The Balaban J connectivity index is 2.38. The summed E-state index contributed by atoms with van der Waals surface area (Å²) in [6.45, 7) is 5.30. The van der Waals surface area contributed by atoms with Crippen molar-refractivity contribution in [2.24, 2.45) is 5.92 Å². The van der Waals surface area contributed by atoms with Crippen molar-refractivity contribution < 1.29 is 14.3 Å². The van der Waals surface area contributed by atoms with Gasteiger partial charge in [0.05, 0.1) is 12.6 Å². The summed E-state index contributed by atoms with van der Waals surface area (Å²) in [5.74, 6) is -0.929. The van der Waals surface area contributed by atoms with E-state index >= 15 is 0 Å². The van der Waals surface area contributed by atoms with E-state index in [2.05, 4.69) is 5.32 Å². The van der Waals surface area contributed by atoms with Crippen LogP contribution in [0.5, 0.6) is 0 Å². The minimum atomic E-state index is -0.706. The molecule has 0 radical (unpaired) electrons. The third-order valence-corrected chi connectivity index (χ3v) is 4.29. The van der Waals surface area contributed by atoms with Gasteiger partial charge >= 0.3 is 5.97 Å². The normalized spacial score (nSPS) is 13.3. The molecule has 0 bridgehead atoms. The number of carbonyl (C=O) groups excluding carboxylic acids is 2. The van der Waals surface area contributed by atoms with E-state index in [0.29, 0.717) is 0 Å². The fraction of sp³-hybridized carbons (Fsp3) is 0.333. The fourth-order valence-electron chi connectivity index (χ4n) is 2.74. The molecule has 0 saturated heterocycles. The van der Waals surface area contributed by atoms with Gasteiger partial charge in [0.2, 0.25) is 0 Å². The molecule has 0 aromatic heterocycles. The third kappa shape index (κ3) is 5.00. The summed E-state index contributed by atoms with van der Waals surface area (Å²) < 4.78 is 5.19. The molecule has 0 saturated carbocycles. The Labute approximate surface area is 149 Å². The Morgan fingerprint density at radius 3 is 1.84 bits per heavy atom. The maximum Gasteiger partial charge on any atom is 0.323 e. The highest BCUT2D eigenvalue weighted by Gasteiger charge is 2.32. The van der Waals surface area contributed by atoms with Crippen molar-refractivity contribution in [3.05, 3.63) is 71.8 Å². The lowest BCUT2D eigenvalue weighted by Crippen LogP contribution is -2.47. The average molecular weight is 339 g/mol. The maximum atomic E-state index is 12.5. The van der Waals surface area contributed by atoms with Gasteiger partial charge in [0.1, 0.15) is 11.8 Å². The lowest BCUT2D eigenvalue weighted by Gasteiger charge is -2.28. The summed E-state index contributed by atoms with van der Waals surface area (Å²) in [6.07, 6.45) is 0. The topological polar surface area (TPSA) is 55.4 Å². The van der Waals surface area contributed by atoms with Crippen molar-refractivity contribution in [3.63, 3.8) is 0 Å². The van der Waals surface area contributed by atoms with Gasteiger partial charge in [-0.2, -0.15) is 0 Å². The predicted octanol–water partition coefficient (Wildman–Crippen LogP) is 3.52. The van der Waals surface area contributed by atoms with Gasteiger partial charge in [-0.1, -0.05) is 67.6 Å². The summed E-state index contributed by atoms with van der Waals surface area (Å²) in [5.41, 5.74) is 2.05. The first kappa shape index (κ1) is 18.9. The molecule has 0 heterocycles. The Morgan fingerprint density at radius 2 is 1.44 bits per heavy atom. The van der Waals surface area contributed by atoms with E-state index in [9.17, 15) is 9.59 Å². The second kappa shape index (κ2) is 9.14. The first-order valence-corrected chi connectivity index (χ1v) is 8.57. The molecule has 25 heavy (non-hydrogen) atoms. The SMILES string of the molecule is CCOC(=O)[C@@H](NC(c1ccccc1)c1ccccc1)[C@H](C)C(C)=O. The molecule has 2 aromatic rings. The van der Waals surface area contributed by atoms with Gasteiger partial charge < -0.3 is 4.74 Å². The van der Waals surface area contributed by atoms with Gasteiger partial charge in [0, 0.05) is 5.92 Å². The number of rotatable bonds is 8. The van der Waals surface area contributed by atoms with E-state index in [0.717, 1.165) is 11.1 Å². The van der Waals surface area contributed by atoms with Crippen LogP contribution in [0.3, 0.4) is 0 Å². The zero-order chi connectivity index (χ0) is 18.2. The van der Waals surface area contributed by atoms with E-state index in [1.165, 1.54) is 6.92 Å². The van der Waals surface area contributed by atoms with Gasteiger partial charge in [0.25, 0.3) is 0 Å². The van der Waals surface area contributed by atoms with Crippen molar-refractivity contribution in [2.75, 3.05) is 6.61 Å². The fourth-order valence-corrected chi connectivity index (χ4v) is 2.74. The molecule has 4 nitrogen and oxygen atoms in total. The zero-order valence-corrected chi connectivity index (χ0v) is 14.9. The van der Waals surface area contributed by atoms with Gasteiger partial charge in [-0.3, -0.25) is 14.9 Å². The molecular formula is C21H25NO3. The quantitative estimate of drug-likeness (QED) is 0.748. The van der Waals surface area contributed by atoms with Crippen molar-refractivity contribution in [1.82, 2.24) is 5.32 Å². The number of esters is 1. The van der Waals surface area contributed by atoms with Crippen LogP contribution in [0, 0.1) is 5.92 Å². The molecule has 0 amide bonds. The molecule has 2 atom stereocenters. The highest BCUT2D eigenvalue weighted by Crippen LogP contribution is 2.24. The van der Waals surface area contributed by atoms with E-state index in [1.54, 1.807) is 13.8 Å². The number of Topliss-reactive ketones (excluding diaryl/α,β-unsaturated/α-hetero) is 1. The Bertz CT molecular complexity index is 645. The highest BCUT2D eigenvalue weighted by atomic mass is 16.5. The van der Waals surface area contributed by atoms with Crippen molar-refractivity contribution in [3.8, 4) is 0 Å². The van der Waals surface area contributed by atoms with Gasteiger partial charge in [-0.25, -0.2) is 0 Å². The highest BCUT2D eigenvalue weighted by molar-refractivity contribution is 5.87. The van der Waals surface area contributed by atoms with Crippen LogP contribution in [-0.4, -0.2) is 24.4 Å². The van der Waals surface area contributed by atoms with E-state index in [-0.39, 0.29) is 18.4 Å². The number of carbonyl (C=O) groups is 2. The molecule has 2 aromatic carbocycles. The minimum absolute atomic E-state index is 0.0505. The molecule has 0 spiro atoms. The van der Waals surface area contributed by atoms with Crippen LogP contribution in [0.4, 0.5) is 0 Å². The summed E-state index contributed by atoms with van der Waals surface area (Å²) >= 11 is 0. The van der Waals surface area contributed by atoms with Crippen LogP contribution in [0.15, 0.2) is 60.7 Å². The van der Waals surface area contributed by atoms with Gasteiger partial charge in [-0.15, -0.1) is 0 Å². The summed E-state index contributed by atoms with van der Waals surface area (Å²) in [5, 5.41) is 3.36. The summed E-state index contributed by atoms with van der Waals surface area (Å²) in [6, 6.07) is 18.8. The van der Waals surface area contributed by atoms with Crippen LogP contribution in [0.1, 0.15) is 37.9 Å². The van der Waals surface area contributed by atoms with Crippen LogP contribution < -0.4 is 5.32 Å². The smallest absolute Gasteiger partial charge is 0.323 e.